The first-order chi connectivity index (χ1) is 12.3. The van der Waals surface area contributed by atoms with Crippen LogP contribution >= 0.6 is 0 Å². The molecule has 3 aromatic heterocycles. The van der Waals surface area contributed by atoms with Crippen LogP contribution in [0.15, 0.2) is 65.5 Å². The van der Waals surface area contributed by atoms with Crippen molar-refractivity contribution < 1.29 is 9.21 Å². The van der Waals surface area contributed by atoms with Gasteiger partial charge in [-0.3, -0.25) is 9.78 Å². The smallest absolute Gasteiger partial charge is 0.234 e. The third kappa shape index (κ3) is 3.40. The van der Waals surface area contributed by atoms with Crippen molar-refractivity contribution in [2.24, 2.45) is 0 Å². The van der Waals surface area contributed by atoms with Gasteiger partial charge in [0.05, 0.1) is 12.7 Å². The topological polar surface area (TPSA) is 85.8 Å². The zero-order chi connectivity index (χ0) is 17.1. The Morgan fingerprint density at radius 1 is 1.12 bits per heavy atom. The minimum Gasteiger partial charge on any atom is -0.440 e. The third-order valence-electron chi connectivity index (χ3n) is 3.69. The quantitative estimate of drug-likeness (QED) is 0.607. The molecular weight excluding hydrogens is 318 g/mol. The Morgan fingerprint density at radius 3 is 2.88 bits per heavy atom. The highest BCUT2D eigenvalue weighted by Gasteiger charge is 2.13. The second-order valence-electron chi connectivity index (χ2n) is 5.54. The van der Waals surface area contributed by atoms with Crippen LogP contribution < -0.4 is 5.32 Å². The Kier molecular flexibility index (Phi) is 3.96. The summed E-state index contributed by atoms with van der Waals surface area (Å²) in [6.45, 7) is 0.527. The number of carbonyl (C=O) groups excluding carboxylic acids is 1. The fraction of sp³-hybridized carbons (Fsp3) is 0.111. The summed E-state index contributed by atoms with van der Waals surface area (Å²) in [5.41, 5.74) is 2.42. The van der Waals surface area contributed by atoms with Crippen LogP contribution in [0.25, 0.3) is 11.1 Å². The van der Waals surface area contributed by atoms with Gasteiger partial charge in [-0.1, -0.05) is 18.2 Å². The molecule has 124 valence electrons. The van der Waals surface area contributed by atoms with Crippen LogP contribution in [0.2, 0.25) is 0 Å². The van der Waals surface area contributed by atoms with E-state index in [1.807, 2.05) is 36.4 Å². The second-order valence-corrected chi connectivity index (χ2v) is 5.54. The molecule has 7 nitrogen and oxygen atoms in total. The molecule has 0 saturated heterocycles. The Bertz CT molecular complexity index is 973. The number of nitrogens with zero attached hydrogens (tertiary/aromatic N) is 4. The summed E-state index contributed by atoms with van der Waals surface area (Å²) in [6.07, 6.45) is 5.19. The van der Waals surface area contributed by atoms with Crippen molar-refractivity contribution in [2.75, 3.05) is 5.32 Å². The van der Waals surface area contributed by atoms with Crippen molar-refractivity contribution in [3.05, 3.63) is 72.5 Å². The molecule has 0 radical (unpaired) electrons. The van der Waals surface area contributed by atoms with E-state index in [0.717, 1.165) is 11.1 Å². The molecule has 1 aromatic carbocycles. The zero-order valence-corrected chi connectivity index (χ0v) is 13.3. The van der Waals surface area contributed by atoms with Gasteiger partial charge in [0.2, 0.25) is 11.8 Å². The highest BCUT2D eigenvalue weighted by molar-refractivity contribution is 5.91. The average Bonchev–Trinajstić information content (AvgIpc) is 3.22. The predicted molar refractivity (Wildman–Crippen MR) is 91.9 cm³/mol. The molecule has 0 fully saturated rings. The van der Waals surface area contributed by atoms with E-state index in [4.69, 9.17) is 4.42 Å². The predicted octanol–water partition coefficient (Wildman–Crippen LogP) is 2.65. The lowest BCUT2D eigenvalue weighted by Gasteiger charge is -2.08. The monoisotopic (exact) mass is 333 g/mol. The number of oxazole rings is 1. The normalized spacial score (nSPS) is 10.9. The van der Waals surface area contributed by atoms with Gasteiger partial charge in [-0.25, -0.2) is 9.67 Å². The second kappa shape index (κ2) is 6.56. The van der Waals surface area contributed by atoms with Gasteiger partial charge in [0.15, 0.2) is 5.58 Å². The first kappa shape index (κ1) is 15.1. The van der Waals surface area contributed by atoms with E-state index in [9.17, 15) is 4.79 Å². The number of benzene rings is 1. The number of rotatable bonds is 5. The molecule has 25 heavy (non-hydrogen) atoms. The first-order valence-electron chi connectivity index (χ1n) is 7.83. The molecule has 0 bridgehead atoms. The van der Waals surface area contributed by atoms with E-state index in [-0.39, 0.29) is 12.3 Å². The van der Waals surface area contributed by atoms with Crippen molar-refractivity contribution >= 4 is 22.8 Å². The number of amides is 1. The highest BCUT2D eigenvalue weighted by Crippen LogP contribution is 2.16. The number of pyridine rings is 1. The fourth-order valence-corrected chi connectivity index (χ4v) is 2.55. The van der Waals surface area contributed by atoms with E-state index in [1.165, 1.54) is 0 Å². The van der Waals surface area contributed by atoms with Crippen molar-refractivity contribution in [2.45, 2.75) is 13.0 Å². The molecular formula is C18H15N5O2. The van der Waals surface area contributed by atoms with Crippen LogP contribution in [0, 0.1) is 0 Å². The molecule has 0 unspecified atom stereocenters. The summed E-state index contributed by atoms with van der Waals surface area (Å²) >= 11 is 0. The van der Waals surface area contributed by atoms with Gasteiger partial charge < -0.3 is 9.73 Å². The van der Waals surface area contributed by atoms with Gasteiger partial charge in [0.1, 0.15) is 17.8 Å². The van der Waals surface area contributed by atoms with Gasteiger partial charge >= 0.3 is 0 Å². The summed E-state index contributed by atoms with van der Waals surface area (Å²) in [7, 11) is 0. The van der Waals surface area contributed by atoms with Gasteiger partial charge in [-0.2, -0.15) is 5.10 Å². The van der Waals surface area contributed by atoms with Crippen molar-refractivity contribution in [1.82, 2.24) is 19.7 Å². The molecule has 0 saturated carbocycles. The van der Waals surface area contributed by atoms with E-state index >= 15 is 0 Å². The van der Waals surface area contributed by atoms with Crippen LogP contribution in [-0.2, 0) is 17.8 Å². The molecule has 3 heterocycles. The minimum absolute atomic E-state index is 0.0623. The SMILES string of the molecule is O=C(Cc1nc2ccccc2o1)Nc1ccnn1Cc1cccnc1. The average molecular weight is 333 g/mol. The van der Waals surface area contributed by atoms with Gasteiger partial charge in [0.25, 0.3) is 0 Å². The number of anilines is 1. The highest BCUT2D eigenvalue weighted by atomic mass is 16.3. The van der Waals surface area contributed by atoms with Crippen LogP contribution in [0.1, 0.15) is 11.5 Å². The molecule has 0 aliphatic carbocycles. The molecule has 1 N–H and O–H groups in total. The van der Waals surface area contributed by atoms with Gasteiger partial charge in [-0.05, 0) is 23.8 Å². The molecule has 7 heteroatoms. The number of carbonyl (C=O) groups is 1. The molecule has 1 amide bonds. The van der Waals surface area contributed by atoms with Crippen LogP contribution in [0.5, 0.6) is 0 Å². The molecule has 4 rings (SSSR count). The van der Waals surface area contributed by atoms with Crippen LogP contribution in [0.3, 0.4) is 0 Å². The fourth-order valence-electron chi connectivity index (χ4n) is 2.55. The molecule has 4 aromatic rings. The number of hydrogen-bond donors (Lipinski definition) is 1. The standard InChI is InChI=1S/C18H15N5O2/c24-17(10-18-21-14-5-1-2-6-15(14)25-18)22-16-7-9-20-23(16)12-13-4-3-8-19-11-13/h1-9,11H,10,12H2,(H,22,24). The summed E-state index contributed by atoms with van der Waals surface area (Å²) < 4.78 is 7.29. The third-order valence-corrected chi connectivity index (χ3v) is 3.69. The zero-order valence-electron chi connectivity index (χ0n) is 13.3. The lowest BCUT2D eigenvalue weighted by molar-refractivity contribution is -0.115. The summed E-state index contributed by atoms with van der Waals surface area (Å²) in [4.78, 5) is 20.7. The number of aromatic nitrogens is 4. The van der Waals surface area contributed by atoms with E-state index in [1.54, 1.807) is 29.3 Å². The number of para-hydroxylation sites is 2. The maximum absolute atomic E-state index is 12.3. The van der Waals surface area contributed by atoms with Crippen molar-refractivity contribution in [1.29, 1.82) is 0 Å². The van der Waals surface area contributed by atoms with Crippen LogP contribution in [-0.4, -0.2) is 25.7 Å². The van der Waals surface area contributed by atoms with Gasteiger partial charge in [-0.15, -0.1) is 0 Å². The number of nitrogens with one attached hydrogen (secondary N) is 1. The molecule has 0 aliphatic heterocycles. The Hall–Kier alpha value is -3.48. The summed E-state index contributed by atoms with van der Waals surface area (Å²) in [5, 5.41) is 7.09. The van der Waals surface area contributed by atoms with E-state index in [0.29, 0.717) is 23.8 Å². The number of hydrogen-bond acceptors (Lipinski definition) is 5. The van der Waals surface area contributed by atoms with Crippen LogP contribution in [0.4, 0.5) is 5.82 Å². The molecule has 0 aliphatic rings. The van der Waals surface area contributed by atoms with E-state index in [2.05, 4.69) is 20.4 Å². The Morgan fingerprint density at radius 2 is 2.04 bits per heavy atom. The number of fused-ring (bicyclic) bond motifs is 1. The summed E-state index contributed by atoms with van der Waals surface area (Å²) in [6, 6.07) is 13.0. The first-order valence-corrected chi connectivity index (χ1v) is 7.83. The Labute approximate surface area is 143 Å². The van der Waals surface area contributed by atoms with Gasteiger partial charge in [0, 0.05) is 18.5 Å². The lowest BCUT2D eigenvalue weighted by Crippen LogP contribution is -2.18. The largest absolute Gasteiger partial charge is 0.440 e. The summed E-state index contributed by atoms with van der Waals surface area (Å²) in [5.74, 6) is 0.793. The van der Waals surface area contributed by atoms with E-state index < -0.39 is 0 Å². The molecule has 0 spiro atoms. The van der Waals surface area contributed by atoms with Crippen molar-refractivity contribution in [3.8, 4) is 0 Å². The maximum Gasteiger partial charge on any atom is 0.234 e. The minimum atomic E-state index is -0.209. The Balaban J connectivity index is 1.45. The molecule has 0 atom stereocenters. The lowest BCUT2D eigenvalue weighted by atomic mass is 10.3. The maximum atomic E-state index is 12.3. The van der Waals surface area contributed by atoms with Crippen molar-refractivity contribution in [3.63, 3.8) is 0 Å².